The second kappa shape index (κ2) is 5.66. The number of carbonyl (C=O) groups is 1. The van der Waals surface area contributed by atoms with Gasteiger partial charge in [-0.05, 0) is 37.1 Å². The molecule has 0 bridgehead atoms. The van der Waals surface area contributed by atoms with Crippen molar-refractivity contribution >= 4 is 28.4 Å². The first-order chi connectivity index (χ1) is 8.99. The Kier molecular flexibility index (Phi) is 4.15. The molecule has 1 aromatic heterocycles. The van der Waals surface area contributed by atoms with E-state index in [0.29, 0.717) is 6.54 Å². The molecule has 0 atom stereocenters. The Bertz CT molecular complexity index is 601. The number of halogens is 1. The molecule has 0 aliphatic rings. The summed E-state index contributed by atoms with van der Waals surface area (Å²) in [7, 11) is 0. The Morgan fingerprint density at radius 2 is 2.16 bits per heavy atom. The topological polar surface area (TPSA) is 44.9 Å². The lowest BCUT2D eigenvalue weighted by Crippen LogP contribution is -2.29. The number of fused-ring (bicyclic) bond motifs is 1. The molecular weight excluding hydrogens is 260 g/mol. The van der Waals surface area contributed by atoms with E-state index in [2.05, 4.69) is 10.3 Å². The third-order valence-corrected chi connectivity index (χ3v) is 3.52. The van der Waals surface area contributed by atoms with Gasteiger partial charge < -0.3 is 10.3 Å². The fraction of sp³-hybridized carbons (Fsp3) is 0.400. The predicted molar refractivity (Wildman–Crippen MR) is 79.6 cm³/mol. The van der Waals surface area contributed by atoms with Crippen molar-refractivity contribution in [3.63, 3.8) is 0 Å². The third kappa shape index (κ3) is 3.10. The van der Waals surface area contributed by atoms with Crippen molar-refractivity contribution in [3.05, 3.63) is 34.5 Å². The molecule has 0 aliphatic carbocycles. The van der Waals surface area contributed by atoms with Gasteiger partial charge in [0.2, 0.25) is 5.91 Å². The van der Waals surface area contributed by atoms with E-state index in [9.17, 15) is 4.79 Å². The fourth-order valence-electron chi connectivity index (χ4n) is 2.19. The smallest absolute Gasteiger partial charge is 0.222 e. The van der Waals surface area contributed by atoms with Crippen molar-refractivity contribution in [2.75, 3.05) is 6.54 Å². The van der Waals surface area contributed by atoms with Crippen LogP contribution in [0.1, 0.15) is 25.1 Å². The molecule has 1 heterocycles. The summed E-state index contributed by atoms with van der Waals surface area (Å²) in [5, 5.41) is 4.82. The Balaban J connectivity index is 2.14. The SMILES string of the molecule is Cc1[nH]c2ccc(Cl)cc2c1CCNC(=O)C(C)C. The molecule has 1 amide bonds. The highest BCUT2D eigenvalue weighted by Gasteiger charge is 2.10. The third-order valence-electron chi connectivity index (χ3n) is 3.28. The van der Waals surface area contributed by atoms with Crippen LogP contribution in [-0.4, -0.2) is 17.4 Å². The highest BCUT2D eigenvalue weighted by atomic mass is 35.5. The zero-order valence-corrected chi connectivity index (χ0v) is 12.3. The fourth-order valence-corrected chi connectivity index (χ4v) is 2.36. The molecular formula is C15H19ClN2O. The summed E-state index contributed by atoms with van der Waals surface area (Å²) < 4.78 is 0. The average molecular weight is 279 g/mol. The summed E-state index contributed by atoms with van der Waals surface area (Å²) in [5.41, 5.74) is 3.45. The van der Waals surface area contributed by atoms with Gasteiger partial charge in [0.05, 0.1) is 0 Å². The Morgan fingerprint density at radius 3 is 2.84 bits per heavy atom. The van der Waals surface area contributed by atoms with Crippen LogP contribution in [0.4, 0.5) is 0 Å². The van der Waals surface area contributed by atoms with Crippen LogP contribution in [0.2, 0.25) is 5.02 Å². The lowest BCUT2D eigenvalue weighted by atomic mass is 10.1. The van der Waals surface area contributed by atoms with Crippen LogP contribution < -0.4 is 5.32 Å². The molecule has 4 heteroatoms. The molecule has 2 rings (SSSR count). The second-order valence-corrected chi connectivity index (χ2v) is 5.55. The van der Waals surface area contributed by atoms with Gasteiger partial charge >= 0.3 is 0 Å². The van der Waals surface area contributed by atoms with Crippen molar-refractivity contribution in [3.8, 4) is 0 Å². The van der Waals surface area contributed by atoms with Gasteiger partial charge in [-0.25, -0.2) is 0 Å². The van der Waals surface area contributed by atoms with E-state index in [1.54, 1.807) is 0 Å². The molecule has 0 saturated heterocycles. The number of aromatic nitrogens is 1. The van der Waals surface area contributed by atoms with Gasteiger partial charge in [-0.2, -0.15) is 0 Å². The van der Waals surface area contributed by atoms with Crippen LogP contribution in [0.25, 0.3) is 10.9 Å². The normalized spacial score (nSPS) is 11.2. The number of hydrogen-bond donors (Lipinski definition) is 2. The van der Waals surface area contributed by atoms with Crippen LogP contribution in [0.15, 0.2) is 18.2 Å². The minimum atomic E-state index is 0.0264. The largest absolute Gasteiger partial charge is 0.358 e. The average Bonchev–Trinajstić information content (AvgIpc) is 2.65. The van der Waals surface area contributed by atoms with Gasteiger partial charge in [-0.3, -0.25) is 4.79 Å². The van der Waals surface area contributed by atoms with E-state index in [0.717, 1.165) is 28.0 Å². The maximum absolute atomic E-state index is 11.5. The van der Waals surface area contributed by atoms with Gasteiger partial charge in [0, 0.05) is 34.1 Å². The molecule has 2 N–H and O–H groups in total. The van der Waals surface area contributed by atoms with Gasteiger partial charge in [0.25, 0.3) is 0 Å². The number of rotatable bonds is 4. The summed E-state index contributed by atoms with van der Waals surface area (Å²) in [6.45, 7) is 6.49. The van der Waals surface area contributed by atoms with Gasteiger partial charge in [0.15, 0.2) is 0 Å². The quantitative estimate of drug-likeness (QED) is 0.884. The highest BCUT2D eigenvalue weighted by Crippen LogP contribution is 2.25. The summed E-state index contributed by atoms with van der Waals surface area (Å²) >= 11 is 6.04. The first-order valence-electron chi connectivity index (χ1n) is 6.53. The number of benzene rings is 1. The van der Waals surface area contributed by atoms with Crippen LogP contribution in [-0.2, 0) is 11.2 Å². The minimum Gasteiger partial charge on any atom is -0.358 e. The Labute approximate surface area is 118 Å². The molecule has 0 aliphatic heterocycles. The van der Waals surface area contributed by atoms with Gasteiger partial charge in [-0.1, -0.05) is 25.4 Å². The molecule has 1 aromatic carbocycles. The number of amides is 1. The summed E-state index contributed by atoms with van der Waals surface area (Å²) in [6.07, 6.45) is 0.810. The van der Waals surface area contributed by atoms with Crippen LogP contribution >= 0.6 is 11.6 Å². The van der Waals surface area contributed by atoms with E-state index in [4.69, 9.17) is 11.6 Å². The van der Waals surface area contributed by atoms with Crippen molar-refractivity contribution in [2.45, 2.75) is 27.2 Å². The van der Waals surface area contributed by atoms with Crippen LogP contribution in [0.3, 0.4) is 0 Å². The van der Waals surface area contributed by atoms with E-state index < -0.39 is 0 Å². The van der Waals surface area contributed by atoms with Gasteiger partial charge in [-0.15, -0.1) is 0 Å². The summed E-state index contributed by atoms with van der Waals surface area (Å²) in [6, 6.07) is 5.84. The Morgan fingerprint density at radius 1 is 1.42 bits per heavy atom. The van der Waals surface area contributed by atoms with E-state index >= 15 is 0 Å². The number of nitrogens with one attached hydrogen (secondary N) is 2. The molecule has 102 valence electrons. The number of hydrogen-bond acceptors (Lipinski definition) is 1. The number of aromatic amines is 1. The van der Waals surface area contributed by atoms with Crippen molar-refractivity contribution in [1.29, 1.82) is 0 Å². The number of aryl methyl sites for hydroxylation is 1. The molecule has 0 saturated carbocycles. The predicted octanol–water partition coefficient (Wildman–Crippen LogP) is 3.44. The molecule has 0 spiro atoms. The van der Waals surface area contributed by atoms with Gasteiger partial charge in [0.1, 0.15) is 0 Å². The summed E-state index contributed by atoms with van der Waals surface area (Å²) in [4.78, 5) is 14.9. The molecule has 0 unspecified atom stereocenters. The first kappa shape index (κ1) is 13.9. The monoisotopic (exact) mass is 278 g/mol. The maximum Gasteiger partial charge on any atom is 0.222 e. The molecule has 0 radical (unpaired) electrons. The van der Waals surface area contributed by atoms with Crippen molar-refractivity contribution in [1.82, 2.24) is 10.3 Å². The number of H-pyrrole nitrogens is 1. The lowest BCUT2D eigenvalue weighted by Gasteiger charge is -2.07. The highest BCUT2D eigenvalue weighted by molar-refractivity contribution is 6.31. The van der Waals surface area contributed by atoms with E-state index in [1.165, 1.54) is 5.56 Å². The Hall–Kier alpha value is -1.48. The maximum atomic E-state index is 11.5. The standard InChI is InChI=1S/C15H19ClN2O/c1-9(2)15(19)17-7-6-12-10(3)18-14-5-4-11(16)8-13(12)14/h4-5,8-9,18H,6-7H2,1-3H3,(H,17,19). The van der Waals surface area contributed by atoms with Crippen molar-refractivity contribution < 1.29 is 4.79 Å². The van der Waals surface area contributed by atoms with Crippen LogP contribution in [0, 0.1) is 12.8 Å². The first-order valence-corrected chi connectivity index (χ1v) is 6.91. The van der Waals surface area contributed by atoms with E-state index in [1.807, 2.05) is 39.0 Å². The molecule has 19 heavy (non-hydrogen) atoms. The summed E-state index contributed by atoms with van der Waals surface area (Å²) in [5.74, 6) is 0.119. The second-order valence-electron chi connectivity index (χ2n) is 5.11. The lowest BCUT2D eigenvalue weighted by molar-refractivity contribution is -0.123. The van der Waals surface area contributed by atoms with Crippen LogP contribution in [0.5, 0.6) is 0 Å². The minimum absolute atomic E-state index is 0.0264. The number of carbonyl (C=O) groups excluding carboxylic acids is 1. The molecule has 2 aromatic rings. The zero-order valence-electron chi connectivity index (χ0n) is 11.5. The van der Waals surface area contributed by atoms with E-state index in [-0.39, 0.29) is 11.8 Å². The molecule has 3 nitrogen and oxygen atoms in total. The van der Waals surface area contributed by atoms with Crippen molar-refractivity contribution in [2.24, 2.45) is 5.92 Å². The molecule has 0 fully saturated rings. The zero-order chi connectivity index (χ0) is 14.0.